The van der Waals surface area contributed by atoms with Gasteiger partial charge in [-0.1, -0.05) is 0 Å². The molecule has 0 heterocycles. The zero-order valence-electron chi connectivity index (χ0n) is 6.53. The van der Waals surface area contributed by atoms with Gasteiger partial charge in [-0.05, 0) is 24.3 Å². The van der Waals surface area contributed by atoms with Crippen molar-refractivity contribution in [2.24, 2.45) is 0 Å². The van der Waals surface area contributed by atoms with Crippen molar-refractivity contribution < 1.29 is 15.1 Å². The van der Waals surface area contributed by atoms with Crippen molar-refractivity contribution in [3.63, 3.8) is 0 Å². The topological polar surface area (TPSA) is 61.7 Å². The molecule has 0 spiro atoms. The fourth-order valence-corrected chi connectivity index (χ4v) is 0.709. The highest BCUT2D eigenvalue weighted by molar-refractivity contribution is 5.43. The van der Waals surface area contributed by atoms with Crippen molar-refractivity contribution in [1.29, 1.82) is 0 Å². The van der Waals surface area contributed by atoms with E-state index >= 15 is 0 Å². The molecule has 0 bridgehead atoms. The number of benzene rings is 1. The molecule has 0 atom stereocenters. The molecule has 0 saturated carbocycles. The standard InChI is InChI=1S/C8H11NO3/c10-5-6-12-9-7-1-3-8(11)4-2-7/h1-4,9-11H,5-6H2. The minimum Gasteiger partial charge on any atom is -0.508 e. The molecule has 0 aliphatic carbocycles. The van der Waals surface area contributed by atoms with Crippen molar-refractivity contribution in [2.75, 3.05) is 18.7 Å². The van der Waals surface area contributed by atoms with Crippen LogP contribution in [-0.2, 0) is 4.84 Å². The maximum atomic E-state index is 8.92. The summed E-state index contributed by atoms with van der Waals surface area (Å²) in [5, 5.41) is 17.3. The summed E-state index contributed by atoms with van der Waals surface area (Å²) in [7, 11) is 0. The maximum absolute atomic E-state index is 8.92. The second kappa shape index (κ2) is 4.58. The normalized spacial score (nSPS) is 9.75. The average Bonchev–Trinajstić information content (AvgIpc) is 2.09. The zero-order chi connectivity index (χ0) is 8.81. The summed E-state index contributed by atoms with van der Waals surface area (Å²) in [5.41, 5.74) is 3.34. The molecule has 0 aliphatic rings. The number of rotatable bonds is 4. The summed E-state index contributed by atoms with van der Waals surface area (Å²) in [5.74, 6) is 0.211. The Hall–Kier alpha value is -1.26. The van der Waals surface area contributed by atoms with Crippen LogP contribution < -0.4 is 5.48 Å². The van der Waals surface area contributed by atoms with Crippen LogP contribution in [0.3, 0.4) is 0 Å². The zero-order valence-corrected chi connectivity index (χ0v) is 6.53. The van der Waals surface area contributed by atoms with Crippen LogP contribution in [0, 0.1) is 0 Å². The first-order valence-electron chi connectivity index (χ1n) is 3.60. The highest BCUT2D eigenvalue weighted by Gasteiger charge is 1.90. The van der Waals surface area contributed by atoms with Gasteiger partial charge in [0.2, 0.25) is 0 Å². The third kappa shape index (κ3) is 2.77. The number of phenolic OH excluding ortho intramolecular Hbond substituents is 1. The lowest BCUT2D eigenvalue weighted by Crippen LogP contribution is -2.05. The van der Waals surface area contributed by atoms with Gasteiger partial charge in [-0.3, -0.25) is 10.3 Å². The smallest absolute Gasteiger partial charge is 0.115 e. The third-order valence-electron chi connectivity index (χ3n) is 1.25. The Labute approximate surface area is 70.4 Å². The van der Waals surface area contributed by atoms with E-state index in [2.05, 4.69) is 5.48 Å². The van der Waals surface area contributed by atoms with Crippen LogP contribution in [0.15, 0.2) is 24.3 Å². The summed E-state index contributed by atoms with van der Waals surface area (Å²) in [6.07, 6.45) is 0. The van der Waals surface area contributed by atoms with E-state index in [4.69, 9.17) is 15.1 Å². The largest absolute Gasteiger partial charge is 0.508 e. The van der Waals surface area contributed by atoms with E-state index in [9.17, 15) is 0 Å². The summed E-state index contributed by atoms with van der Waals surface area (Å²) in [4.78, 5) is 4.83. The third-order valence-corrected chi connectivity index (χ3v) is 1.25. The number of aliphatic hydroxyl groups excluding tert-OH is 1. The van der Waals surface area contributed by atoms with Crippen LogP contribution in [0.2, 0.25) is 0 Å². The van der Waals surface area contributed by atoms with Gasteiger partial charge in [-0.25, -0.2) is 0 Å². The molecule has 12 heavy (non-hydrogen) atoms. The Morgan fingerprint density at radius 2 is 1.92 bits per heavy atom. The van der Waals surface area contributed by atoms with Crippen LogP contribution in [0.4, 0.5) is 5.69 Å². The van der Waals surface area contributed by atoms with Gasteiger partial charge in [0, 0.05) is 0 Å². The average molecular weight is 169 g/mol. The molecule has 0 aliphatic heterocycles. The van der Waals surface area contributed by atoms with Crippen LogP contribution in [0.1, 0.15) is 0 Å². The van der Waals surface area contributed by atoms with Gasteiger partial charge in [0.05, 0.1) is 18.9 Å². The predicted octanol–water partition coefficient (Wildman–Crippen LogP) is 0.728. The van der Waals surface area contributed by atoms with E-state index in [-0.39, 0.29) is 19.0 Å². The van der Waals surface area contributed by atoms with E-state index in [1.807, 2.05) is 0 Å². The molecular formula is C8H11NO3. The van der Waals surface area contributed by atoms with Crippen LogP contribution in [0.25, 0.3) is 0 Å². The van der Waals surface area contributed by atoms with E-state index in [0.29, 0.717) is 0 Å². The van der Waals surface area contributed by atoms with Gasteiger partial charge in [0.25, 0.3) is 0 Å². The number of hydrogen-bond donors (Lipinski definition) is 3. The summed E-state index contributed by atoms with van der Waals surface area (Å²) in [6.45, 7) is 0.214. The van der Waals surface area contributed by atoms with Crippen molar-refractivity contribution in [2.45, 2.75) is 0 Å². The molecule has 4 heteroatoms. The number of nitrogens with one attached hydrogen (secondary N) is 1. The Kier molecular flexibility index (Phi) is 3.37. The molecule has 0 fully saturated rings. The SMILES string of the molecule is OCCONc1ccc(O)cc1. The lowest BCUT2D eigenvalue weighted by molar-refractivity contribution is 0.133. The minimum absolute atomic E-state index is 0.0227. The summed E-state index contributed by atoms with van der Waals surface area (Å²) >= 11 is 0. The van der Waals surface area contributed by atoms with Crippen LogP contribution in [0.5, 0.6) is 5.75 Å². The molecule has 3 N–H and O–H groups in total. The molecule has 0 amide bonds. The van der Waals surface area contributed by atoms with Crippen molar-refractivity contribution in [3.05, 3.63) is 24.3 Å². The molecule has 0 saturated heterocycles. The number of anilines is 1. The molecule has 0 radical (unpaired) electrons. The lowest BCUT2D eigenvalue weighted by atomic mass is 10.3. The van der Waals surface area contributed by atoms with E-state index in [1.165, 1.54) is 0 Å². The molecular weight excluding hydrogens is 158 g/mol. The first kappa shape index (κ1) is 8.83. The van der Waals surface area contributed by atoms with Crippen molar-refractivity contribution in [3.8, 4) is 5.75 Å². The fraction of sp³-hybridized carbons (Fsp3) is 0.250. The van der Waals surface area contributed by atoms with Crippen molar-refractivity contribution in [1.82, 2.24) is 0 Å². The predicted molar refractivity (Wildman–Crippen MR) is 44.8 cm³/mol. The van der Waals surface area contributed by atoms with Crippen LogP contribution >= 0.6 is 0 Å². The van der Waals surface area contributed by atoms with Gasteiger partial charge in [0.15, 0.2) is 0 Å². The van der Waals surface area contributed by atoms with Gasteiger partial charge < -0.3 is 10.2 Å². The fourth-order valence-electron chi connectivity index (χ4n) is 0.709. The quantitative estimate of drug-likeness (QED) is 0.353. The van der Waals surface area contributed by atoms with Crippen LogP contribution in [-0.4, -0.2) is 23.4 Å². The van der Waals surface area contributed by atoms with E-state index < -0.39 is 0 Å². The monoisotopic (exact) mass is 169 g/mol. The Bertz CT molecular complexity index is 222. The number of aromatic hydroxyl groups is 1. The summed E-state index contributed by atoms with van der Waals surface area (Å²) < 4.78 is 0. The molecule has 1 rings (SSSR count). The van der Waals surface area contributed by atoms with Gasteiger partial charge in [-0.15, -0.1) is 0 Å². The highest BCUT2D eigenvalue weighted by atomic mass is 16.6. The summed E-state index contributed by atoms with van der Waals surface area (Å²) in [6, 6.07) is 6.44. The molecule has 0 aromatic heterocycles. The number of aliphatic hydroxyl groups is 1. The Balaban J connectivity index is 2.37. The van der Waals surface area contributed by atoms with E-state index in [0.717, 1.165) is 5.69 Å². The molecule has 1 aromatic carbocycles. The van der Waals surface area contributed by atoms with Gasteiger partial charge >= 0.3 is 0 Å². The molecule has 66 valence electrons. The Morgan fingerprint density at radius 3 is 2.50 bits per heavy atom. The number of hydrogen-bond acceptors (Lipinski definition) is 4. The van der Waals surface area contributed by atoms with Gasteiger partial charge in [0.1, 0.15) is 5.75 Å². The first-order valence-corrected chi connectivity index (χ1v) is 3.60. The maximum Gasteiger partial charge on any atom is 0.115 e. The van der Waals surface area contributed by atoms with Gasteiger partial charge in [-0.2, -0.15) is 0 Å². The van der Waals surface area contributed by atoms with Crippen molar-refractivity contribution >= 4 is 5.69 Å². The molecule has 0 unspecified atom stereocenters. The lowest BCUT2D eigenvalue weighted by Gasteiger charge is -2.04. The Morgan fingerprint density at radius 1 is 1.25 bits per heavy atom. The molecule has 4 nitrogen and oxygen atoms in total. The number of phenols is 1. The second-order valence-corrected chi connectivity index (χ2v) is 2.22. The van der Waals surface area contributed by atoms with E-state index in [1.54, 1.807) is 24.3 Å². The highest BCUT2D eigenvalue weighted by Crippen LogP contribution is 2.13. The minimum atomic E-state index is -0.0227. The second-order valence-electron chi connectivity index (χ2n) is 2.22. The molecule has 1 aromatic rings. The first-order chi connectivity index (χ1) is 5.83.